The molecule has 0 aromatic heterocycles. The monoisotopic (exact) mass is 447 g/mol. The molecule has 6 heteroatoms. The summed E-state index contributed by atoms with van der Waals surface area (Å²) in [5.74, 6) is -0.0486. The number of hydrogen-bond donors (Lipinski definition) is 2. The number of piperazine rings is 1. The quantitative estimate of drug-likeness (QED) is 0.751. The van der Waals surface area contributed by atoms with Crippen molar-refractivity contribution in [3.05, 3.63) is 59.7 Å². The van der Waals surface area contributed by atoms with E-state index in [1.807, 2.05) is 0 Å². The summed E-state index contributed by atoms with van der Waals surface area (Å²) in [7, 11) is 0. The number of hydrogen-bond acceptors (Lipinski definition) is 3. The Balaban J connectivity index is 1.31. The number of amides is 3. The van der Waals surface area contributed by atoms with Crippen molar-refractivity contribution < 1.29 is 14.7 Å². The van der Waals surface area contributed by atoms with Crippen molar-refractivity contribution in [1.82, 2.24) is 15.1 Å². The highest BCUT2D eigenvalue weighted by Gasteiger charge is 2.54. The van der Waals surface area contributed by atoms with Crippen LogP contribution in [0, 0.1) is 6.92 Å². The number of fused-ring (bicyclic) bond motifs is 1. The lowest BCUT2D eigenvalue weighted by atomic mass is 9.73. The molecular weight excluding hydrogens is 414 g/mol. The smallest absolute Gasteiger partial charge is 0.318 e. The van der Waals surface area contributed by atoms with Crippen molar-refractivity contribution in [2.75, 3.05) is 19.7 Å². The number of benzene rings is 2. The van der Waals surface area contributed by atoms with Gasteiger partial charge in [-0.3, -0.25) is 4.79 Å². The lowest BCUT2D eigenvalue weighted by molar-refractivity contribution is -0.159. The number of nitrogens with one attached hydrogen (secondary N) is 1. The molecular formula is C27H33N3O3. The van der Waals surface area contributed by atoms with Gasteiger partial charge in [0, 0.05) is 18.5 Å². The highest BCUT2D eigenvalue weighted by Crippen LogP contribution is 2.43. The van der Waals surface area contributed by atoms with E-state index < -0.39 is 0 Å². The van der Waals surface area contributed by atoms with Crippen molar-refractivity contribution >= 4 is 11.9 Å². The van der Waals surface area contributed by atoms with Gasteiger partial charge in [0.15, 0.2) is 0 Å². The first-order valence-corrected chi connectivity index (χ1v) is 12.2. The molecule has 1 saturated carbocycles. The first-order valence-electron chi connectivity index (χ1n) is 12.2. The van der Waals surface area contributed by atoms with Crippen LogP contribution in [0.15, 0.2) is 48.5 Å². The Morgan fingerprint density at radius 3 is 2.52 bits per heavy atom. The van der Waals surface area contributed by atoms with Gasteiger partial charge in [-0.05, 0) is 36.5 Å². The molecule has 3 amide bonds. The molecule has 174 valence electrons. The Morgan fingerprint density at radius 2 is 1.82 bits per heavy atom. The Morgan fingerprint density at radius 1 is 1.06 bits per heavy atom. The molecule has 2 heterocycles. The Bertz CT molecular complexity index is 1020. The van der Waals surface area contributed by atoms with Gasteiger partial charge in [-0.2, -0.15) is 0 Å². The van der Waals surface area contributed by atoms with E-state index in [9.17, 15) is 14.7 Å². The van der Waals surface area contributed by atoms with E-state index in [0.717, 1.165) is 36.8 Å². The first kappa shape index (κ1) is 22.0. The molecule has 2 saturated heterocycles. The normalized spacial score (nSPS) is 25.4. The second-order valence-electron chi connectivity index (χ2n) is 9.80. The van der Waals surface area contributed by atoms with Crippen LogP contribution in [-0.2, 0) is 4.79 Å². The van der Waals surface area contributed by atoms with Gasteiger partial charge in [-0.25, -0.2) is 4.79 Å². The number of carbonyl (C=O) groups excluding carboxylic acids is 2. The number of aryl methyl sites for hydroxylation is 1. The van der Waals surface area contributed by atoms with Crippen molar-refractivity contribution in [1.29, 1.82) is 0 Å². The zero-order chi connectivity index (χ0) is 22.9. The number of aliphatic hydroxyl groups is 1. The van der Waals surface area contributed by atoms with Crippen molar-refractivity contribution in [2.45, 2.75) is 63.1 Å². The minimum Gasteiger partial charge on any atom is -0.394 e. The molecule has 3 atom stereocenters. The van der Waals surface area contributed by atoms with Crippen LogP contribution in [0.3, 0.4) is 0 Å². The van der Waals surface area contributed by atoms with Crippen LogP contribution in [0.5, 0.6) is 0 Å². The molecule has 2 N–H and O–H groups in total. The minimum atomic E-state index is -0.226. The third-order valence-electron chi connectivity index (χ3n) is 7.62. The molecule has 33 heavy (non-hydrogen) atoms. The van der Waals surface area contributed by atoms with Gasteiger partial charge < -0.3 is 20.2 Å². The third kappa shape index (κ3) is 4.24. The van der Waals surface area contributed by atoms with E-state index in [4.69, 9.17) is 0 Å². The van der Waals surface area contributed by atoms with Gasteiger partial charge in [0.1, 0.15) is 6.54 Å². The maximum absolute atomic E-state index is 12.9. The highest BCUT2D eigenvalue weighted by molar-refractivity contribution is 5.87. The molecule has 0 bridgehead atoms. The zero-order valence-electron chi connectivity index (χ0n) is 19.2. The van der Waals surface area contributed by atoms with Crippen LogP contribution in [0.2, 0.25) is 0 Å². The van der Waals surface area contributed by atoms with Crippen LogP contribution in [-0.4, -0.2) is 64.7 Å². The van der Waals surface area contributed by atoms with E-state index in [1.54, 1.807) is 9.80 Å². The predicted octanol–water partition coefficient (Wildman–Crippen LogP) is 3.68. The topological polar surface area (TPSA) is 72.9 Å². The average molecular weight is 448 g/mol. The lowest BCUT2D eigenvalue weighted by Crippen LogP contribution is -2.74. The standard InChI is InChI=1S/C27H33N3O3/c1-18-6-5-7-21(14-18)19-10-12-20(13-11-19)26-23-15-29(16-25(32)30(23)24(26)17-31)27(33)28-22-8-3-2-4-9-22/h5-7,10-14,22-24,26,31H,2-4,8-9,15-17H2,1H3,(H,28,33)/t23-,24-,26+/m0/s1. The van der Waals surface area contributed by atoms with Crippen LogP contribution in [0.25, 0.3) is 11.1 Å². The molecule has 2 aromatic rings. The summed E-state index contributed by atoms with van der Waals surface area (Å²) in [6.07, 6.45) is 5.58. The molecule has 1 aliphatic carbocycles. The maximum atomic E-state index is 12.9. The summed E-state index contributed by atoms with van der Waals surface area (Å²) >= 11 is 0. The largest absolute Gasteiger partial charge is 0.394 e. The number of nitrogens with zero attached hydrogens (tertiary/aromatic N) is 2. The molecule has 0 unspecified atom stereocenters. The number of rotatable bonds is 4. The van der Waals surface area contributed by atoms with Crippen LogP contribution in [0.4, 0.5) is 4.79 Å². The average Bonchev–Trinajstić information content (AvgIpc) is 2.81. The molecule has 0 radical (unpaired) electrons. The molecule has 0 spiro atoms. The van der Waals surface area contributed by atoms with E-state index in [-0.39, 0.29) is 49.1 Å². The SMILES string of the molecule is Cc1cccc(-c2ccc([C@H]3[C@H](CO)N4C(=O)CN(C(=O)NC5CCCCC5)C[C@@H]34)cc2)c1. The van der Waals surface area contributed by atoms with Gasteiger partial charge in [-0.1, -0.05) is 73.4 Å². The van der Waals surface area contributed by atoms with Gasteiger partial charge in [0.05, 0.1) is 18.7 Å². The molecule has 3 aliphatic rings. The van der Waals surface area contributed by atoms with Crippen molar-refractivity contribution in [3.8, 4) is 11.1 Å². The predicted molar refractivity (Wildman–Crippen MR) is 128 cm³/mol. The number of urea groups is 1. The fourth-order valence-corrected chi connectivity index (χ4v) is 5.89. The van der Waals surface area contributed by atoms with Gasteiger partial charge in [-0.15, -0.1) is 0 Å². The fraction of sp³-hybridized carbons (Fsp3) is 0.481. The highest BCUT2D eigenvalue weighted by atomic mass is 16.3. The minimum absolute atomic E-state index is 0.0239. The summed E-state index contributed by atoms with van der Waals surface area (Å²) in [5.41, 5.74) is 4.65. The molecule has 5 rings (SSSR count). The van der Waals surface area contributed by atoms with E-state index >= 15 is 0 Å². The van der Waals surface area contributed by atoms with E-state index in [1.165, 1.54) is 17.5 Å². The molecule has 3 fully saturated rings. The summed E-state index contributed by atoms with van der Waals surface area (Å²) in [4.78, 5) is 29.2. The summed E-state index contributed by atoms with van der Waals surface area (Å²) in [5, 5.41) is 13.2. The Labute approximate surface area is 195 Å². The van der Waals surface area contributed by atoms with Gasteiger partial charge in [0.25, 0.3) is 0 Å². The maximum Gasteiger partial charge on any atom is 0.318 e. The number of aliphatic hydroxyl groups excluding tert-OH is 1. The van der Waals surface area contributed by atoms with E-state index in [0.29, 0.717) is 6.54 Å². The van der Waals surface area contributed by atoms with Crippen LogP contribution < -0.4 is 5.32 Å². The summed E-state index contributed by atoms with van der Waals surface area (Å²) in [6.45, 7) is 2.61. The summed E-state index contributed by atoms with van der Waals surface area (Å²) < 4.78 is 0. The third-order valence-corrected chi connectivity index (χ3v) is 7.62. The van der Waals surface area contributed by atoms with Crippen LogP contribution >= 0.6 is 0 Å². The fourth-order valence-electron chi connectivity index (χ4n) is 5.89. The first-order chi connectivity index (χ1) is 16.0. The second-order valence-corrected chi connectivity index (χ2v) is 9.80. The van der Waals surface area contributed by atoms with Crippen LogP contribution in [0.1, 0.15) is 49.1 Å². The summed E-state index contributed by atoms with van der Waals surface area (Å²) in [6, 6.07) is 16.6. The molecule has 2 aromatic carbocycles. The van der Waals surface area contributed by atoms with Gasteiger partial charge >= 0.3 is 6.03 Å². The zero-order valence-corrected chi connectivity index (χ0v) is 19.2. The lowest BCUT2D eigenvalue weighted by Gasteiger charge is -2.58. The van der Waals surface area contributed by atoms with Gasteiger partial charge in [0.2, 0.25) is 5.91 Å². The molecule has 2 aliphatic heterocycles. The Hall–Kier alpha value is -2.86. The number of carbonyl (C=O) groups is 2. The van der Waals surface area contributed by atoms with Crippen molar-refractivity contribution in [2.24, 2.45) is 0 Å². The second kappa shape index (κ2) is 9.18. The molecule has 6 nitrogen and oxygen atoms in total. The van der Waals surface area contributed by atoms with Crippen molar-refractivity contribution in [3.63, 3.8) is 0 Å². The Kier molecular flexibility index (Phi) is 6.11. The van der Waals surface area contributed by atoms with E-state index in [2.05, 4.69) is 60.8 Å².